The van der Waals surface area contributed by atoms with E-state index in [-0.39, 0.29) is 11.9 Å². The van der Waals surface area contributed by atoms with Crippen molar-refractivity contribution >= 4 is 28.9 Å². The summed E-state index contributed by atoms with van der Waals surface area (Å²) in [6, 6.07) is 5.68. The molecule has 1 aromatic rings. The van der Waals surface area contributed by atoms with Gasteiger partial charge in [0.25, 0.3) is 0 Å². The predicted molar refractivity (Wildman–Crippen MR) is 62.6 cm³/mol. The van der Waals surface area contributed by atoms with E-state index < -0.39 is 0 Å². The van der Waals surface area contributed by atoms with E-state index in [1.54, 1.807) is 11.9 Å². The molecule has 4 heteroatoms. The fourth-order valence-electron chi connectivity index (χ4n) is 1.77. The first kappa shape index (κ1) is 10.3. The third kappa shape index (κ3) is 1.79. The van der Waals surface area contributed by atoms with Crippen molar-refractivity contribution in [1.82, 2.24) is 0 Å². The third-order valence-electron chi connectivity index (χ3n) is 2.60. The molecule has 1 aliphatic rings. The lowest BCUT2D eigenvalue weighted by atomic mass is 10.2. The van der Waals surface area contributed by atoms with Crippen molar-refractivity contribution < 1.29 is 4.79 Å². The molecule has 0 radical (unpaired) electrons. The van der Waals surface area contributed by atoms with Gasteiger partial charge in [0.1, 0.15) is 0 Å². The van der Waals surface area contributed by atoms with E-state index in [1.807, 2.05) is 25.1 Å². The number of halogens is 1. The standard InChI is InChI=1S/C11H13ClN2O/c1-7-6-10(15)14(2)9-5-3-4-8(12)11(9)13-7/h3-5,7,13H,6H2,1-2H3. The second-order valence-electron chi connectivity index (χ2n) is 3.84. The molecule has 1 aromatic carbocycles. The van der Waals surface area contributed by atoms with Crippen LogP contribution in [0.4, 0.5) is 11.4 Å². The SMILES string of the molecule is CC1CC(=O)N(C)c2cccc(Cl)c2N1. The zero-order valence-electron chi connectivity index (χ0n) is 8.75. The number of hydrogen-bond acceptors (Lipinski definition) is 2. The molecule has 1 unspecified atom stereocenters. The van der Waals surface area contributed by atoms with Gasteiger partial charge in [-0.05, 0) is 19.1 Å². The highest BCUT2D eigenvalue weighted by molar-refractivity contribution is 6.34. The van der Waals surface area contributed by atoms with E-state index >= 15 is 0 Å². The molecule has 1 heterocycles. The number of anilines is 2. The molecule has 0 saturated heterocycles. The van der Waals surface area contributed by atoms with Crippen LogP contribution in [0.5, 0.6) is 0 Å². The smallest absolute Gasteiger partial charge is 0.228 e. The maximum Gasteiger partial charge on any atom is 0.228 e. The first-order valence-corrected chi connectivity index (χ1v) is 5.29. The Morgan fingerprint density at radius 1 is 1.53 bits per heavy atom. The van der Waals surface area contributed by atoms with Gasteiger partial charge in [-0.15, -0.1) is 0 Å². The Kier molecular flexibility index (Phi) is 2.57. The largest absolute Gasteiger partial charge is 0.379 e. The van der Waals surface area contributed by atoms with Gasteiger partial charge >= 0.3 is 0 Å². The normalized spacial score (nSPS) is 20.6. The number of fused-ring (bicyclic) bond motifs is 1. The predicted octanol–water partition coefficient (Wildman–Crippen LogP) is 2.51. The first-order chi connectivity index (χ1) is 7.09. The molecule has 0 bridgehead atoms. The molecule has 80 valence electrons. The molecule has 0 spiro atoms. The molecule has 2 rings (SSSR count). The van der Waals surface area contributed by atoms with Crippen molar-refractivity contribution in [2.75, 3.05) is 17.3 Å². The molecule has 1 aliphatic heterocycles. The van der Waals surface area contributed by atoms with Crippen LogP contribution in [-0.4, -0.2) is 19.0 Å². The van der Waals surface area contributed by atoms with Crippen molar-refractivity contribution in [2.24, 2.45) is 0 Å². The summed E-state index contributed by atoms with van der Waals surface area (Å²) < 4.78 is 0. The number of carbonyl (C=O) groups excluding carboxylic acids is 1. The number of para-hydroxylation sites is 1. The van der Waals surface area contributed by atoms with Crippen molar-refractivity contribution in [2.45, 2.75) is 19.4 Å². The van der Waals surface area contributed by atoms with Crippen molar-refractivity contribution in [3.8, 4) is 0 Å². The molecule has 1 atom stereocenters. The molecular weight excluding hydrogens is 212 g/mol. The van der Waals surface area contributed by atoms with Gasteiger partial charge in [0.15, 0.2) is 0 Å². The van der Waals surface area contributed by atoms with Crippen LogP contribution in [0.1, 0.15) is 13.3 Å². The summed E-state index contributed by atoms with van der Waals surface area (Å²) >= 11 is 6.09. The summed E-state index contributed by atoms with van der Waals surface area (Å²) in [5, 5.41) is 3.91. The molecule has 0 aromatic heterocycles. The number of nitrogens with zero attached hydrogens (tertiary/aromatic N) is 1. The van der Waals surface area contributed by atoms with Gasteiger partial charge in [0.2, 0.25) is 5.91 Å². The minimum absolute atomic E-state index is 0.107. The Morgan fingerprint density at radius 2 is 2.27 bits per heavy atom. The van der Waals surface area contributed by atoms with Crippen LogP contribution in [0.15, 0.2) is 18.2 Å². The Labute approximate surface area is 94.0 Å². The zero-order valence-corrected chi connectivity index (χ0v) is 9.51. The fourth-order valence-corrected chi connectivity index (χ4v) is 1.99. The second kappa shape index (κ2) is 3.74. The van der Waals surface area contributed by atoms with Crippen molar-refractivity contribution in [3.05, 3.63) is 23.2 Å². The highest BCUT2D eigenvalue weighted by atomic mass is 35.5. The van der Waals surface area contributed by atoms with Crippen LogP contribution in [-0.2, 0) is 4.79 Å². The fraction of sp³-hybridized carbons (Fsp3) is 0.364. The first-order valence-electron chi connectivity index (χ1n) is 4.91. The van der Waals surface area contributed by atoms with E-state index in [2.05, 4.69) is 5.32 Å². The molecule has 1 amide bonds. The maximum absolute atomic E-state index is 11.7. The third-order valence-corrected chi connectivity index (χ3v) is 2.91. The lowest BCUT2D eigenvalue weighted by Gasteiger charge is -2.17. The van der Waals surface area contributed by atoms with Gasteiger partial charge in [-0.25, -0.2) is 0 Å². The summed E-state index contributed by atoms with van der Waals surface area (Å²) in [5.41, 5.74) is 1.69. The highest BCUT2D eigenvalue weighted by Gasteiger charge is 2.23. The van der Waals surface area contributed by atoms with Crippen LogP contribution >= 0.6 is 11.6 Å². The Hall–Kier alpha value is -1.22. The van der Waals surface area contributed by atoms with Gasteiger partial charge in [-0.3, -0.25) is 4.79 Å². The number of hydrogen-bond donors (Lipinski definition) is 1. The molecule has 1 N–H and O–H groups in total. The van der Waals surface area contributed by atoms with Crippen LogP contribution in [0.2, 0.25) is 5.02 Å². The van der Waals surface area contributed by atoms with Crippen LogP contribution < -0.4 is 10.2 Å². The molecular formula is C11H13ClN2O. The van der Waals surface area contributed by atoms with E-state index in [4.69, 9.17) is 11.6 Å². The molecule has 3 nitrogen and oxygen atoms in total. The number of carbonyl (C=O) groups is 1. The van der Waals surface area contributed by atoms with Gasteiger partial charge in [0.05, 0.1) is 16.4 Å². The lowest BCUT2D eigenvalue weighted by Crippen LogP contribution is -2.27. The Morgan fingerprint density at radius 3 is 3.00 bits per heavy atom. The van der Waals surface area contributed by atoms with Crippen LogP contribution in [0, 0.1) is 0 Å². The summed E-state index contributed by atoms with van der Waals surface area (Å²) in [4.78, 5) is 13.4. The summed E-state index contributed by atoms with van der Waals surface area (Å²) in [5.74, 6) is 0.107. The van der Waals surface area contributed by atoms with E-state index in [0.717, 1.165) is 11.4 Å². The Bertz CT molecular complexity index is 406. The minimum atomic E-state index is 0.107. The second-order valence-corrected chi connectivity index (χ2v) is 4.24. The summed E-state index contributed by atoms with van der Waals surface area (Å²) in [7, 11) is 1.78. The average Bonchev–Trinajstić information content (AvgIpc) is 2.29. The number of amides is 1. The lowest BCUT2D eigenvalue weighted by molar-refractivity contribution is -0.118. The average molecular weight is 225 g/mol. The van der Waals surface area contributed by atoms with Crippen molar-refractivity contribution in [3.63, 3.8) is 0 Å². The topological polar surface area (TPSA) is 32.3 Å². The summed E-state index contributed by atoms with van der Waals surface area (Å²) in [6.45, 7) is 1.98. The zero-order chi connectivity index (χ0) is 11.0. The highest BCUT2D eigenvalue weighted by Crippen LogP contribution is 2.35. The van der Waals surface area contributed by atoms with E-state index in [1.165, 1.54) is 0 Å². The molecule has 15 heavy (non-hydrogen) atoms. The maximum atomic E-state index is 11.7. The van der Waals surface area contributed by atoms with E-state index in [9.17, 15) is 4.79 Å². The summed E-state index contributed by atoms with van der Waals surface area (Å²) in [6.07, 6.45) is 0.488. The number of rotatable bonds is 0. The van der Waals surface area contributed by atoms with Gasteiger partial charge in [-0.2, -0.15) is 0 Å². The molecule has 0 saturated carbocycles. The van der Waals surface area contributed by atoms with Gasteiger partial charge in [-0.1, -0.05) is 17.7 Å². The van der Waals surface area contributed by atoms with Gasteiger partial charge in [0, 0.05) is 19.5 Å². The van der Waals surface area contributed by atoms with Crippen LogP contribution in [0.25, 0.3) is 0 Å². The minimum Gasteiger partial charge on any atom is -0.379 e. The Balaban J connectivity index is 2.54. The van der Waals surface area contributed by atoms with Gasteiger partial charge < -0.3 is 10.2 Å². The van der Waals surface area contributed by atoms with E-state index in [0.29, 0.717) is 11.4 Å². The molecule has 0 aliphatic carbocycles. The van der Waals surface area contributed by atoms with Crippen LogP contribution in [0.3, 0.4) is 0 Å². The number of nitrogens with one attached hydrogen (secondary N) is 1. The van der Waals surface area contributed by atoms with Crippen molar-refractivity contribution in [1.29, 1.82) is 0 Å². The monoisotopic (exact) mass is 224 g/mol. The number of benzene rings is 1. The molecule has 0 fully saturated rings. The quantitative estimate of drug-likeness (QED) is 0.735.